The van der Waals surface area contributed by atoms with Crippen molar-refractivity contribution in [3.05, 3.63) is 45.8 Å². The molecular formula is C30H52Cl2HfSi2-2. The van der Waals surface area contributed by atoms with Crippen molar-refractivity contribution in [2.75, 3.05) is 0 Å². The number of halogens is 2. The number of hydrogen-bond donors (Lipinski definition) is 0. The fraction of sp³-hybridized carbons (Fsp3) is 0.733. The first-order valence-corrected chi connectivity index (χ1v) is 19.7. The molecule has 2 saturated heterocycles. The Morgan fingerprint density at radius 2 is 0.971 bits per heavy atom. The third kappa shape index (κ3) is 9.52. The van der Waals surface area contributed by atoms with Crippen LogP contribution in [0.25, 0.3) is 0 Å². The topological polar surface area (TPSA) is 0 Å². The van der Waals surface area contributed by atoms with Gasteiger partial charge >= 0.3 is 0 Å². The molecule has 0 unspecified atom stereocenters. The fourth-order valence-electron chi connectivity index (χ4n) is 6.58. The predicted molar refractivity (Wildman–Crippen MR) is 151 cm³/mol. The van der Waals surface area contributed by atoms with Gasteiger partial charge in [-0.3, -0.25) is 0 Å². The molecule has 0 aromatic heterocycles. The normalized spacial score (nSPS) is 20.7. The van der Waals surface area contributed by atoms with Gasteiger partial charge in [0.2, 0.25) is 0 Å². The van der Waals surface area contributed by atoms with Crippen LogP contribution in [0.4, 0.5) is 0 Å². The molecule has 0 saturated carbocycles. The van der Waals surface area contributed by atoms with Crippen LogP contribution in [0.15, 0.2) is 45.8 Å². The molecule has 200 valence electrons. The van der Waals surface area contributed by atoms with Crippen molar-refractivity contribution in [3.63, 3.8) is 0 Å². The average molecular weight is 718 g/mol. The molecule has 2 heterocycles. The number of unbranched alkanes of at least 4 members (excludes halogenated alkanes) is 2. The Morgan fingerprint density at radius 1 is 0.600 bits per heavy atom. The summed E-state index contributed by atoms with van der Waals surface area (Å²) in [6.07, 6.45) is 27.0. The summed E-state index contributed by atoms with van der Waals surface area (Å²) in [7, 11) is -1.81. The molecule has 0 N–H and O–H groups in total. The van der Waals surface area contributed by atoms with E-state index >= 15 is 0 Å². The van der Waals surface area contributed by atoms with Crippen LogP contribution in [-0.2, 0) is 25.8 Å². The van der Waals surface area contributed by atoms with Gasteiger partial charge in [0, 0.05) is 25.8 Å². The Balaban J connectivity index is 0.000000608. The van der Waals surface area contributed by atoms with Crippen LogP contribution in [0.2, 0.25) is 36.3 Å². The van der Waals surface area contributed by atoms with E-state index < -0.39 is 16.1 Å². The summed E-state index contributed by atoms with van der Waals surface area (Å²) in [5.41, 5.74) is 3.46. The number of rotatable bonds is 12. The summed E-state index contributed by atoms with van der Waals surface area (Å²) in [6.45, 7) is 9.32. The molecular weight excluding hydrogens is 666 g/mol. The summed E-state index contributed by atoms with van der Waals surface area (Å²) in [5.74, 6) is 0. The second kappa shape index (κ2) is 18.2. The van der Waals surface area contributed by atoms with E-state index in [1.54, 1.807) is 47.4 Å². The van der Waals surface area contributed by atoms with Crippen molar-refractivity contribution >= 4 is 16.1 Å². The van der Waals surface area contributed by atoms with Crippen molar-refractivity contribution in [3.8, 4) is 0 Å². The zero-order chi connectivity index (χ0) is 22.9. The molecule has 0 spiro atoms. The summed E-state index contributed by atoms with van der Waals surface area (Å²) >= 11 is 0. The Hall–Kier alpha value is 0.844. The van der Waals surface area contributed by atoms with Gasteiger partial charge in [-0.15, -0.1) is 0 Å². The maximum Gasteiger partial charge on any atom is 0.0862 e. The van der Waals surface area contributed by atoms with Crippen molar-refractivity contribution < 1.29 is 50.7 Å². The molecule has 2 aliphatic carbocycles. The Labute approximate surface area is 252 Å². The molecule has 35 heavy (non-hydrogen) atoms. The van der Waals surface area contributed by atoms with E-state index in [4.69, 9.17) is 0 Å². The molecule has 0 bridgehead atoms. The van der Waals surface area contributed by atoms with Crippen molar-refractivity contribution in [2.45, 2.75) is 141 Å². The quantitative estimate of drug-likeness (QED) is 0.262. The minimum absolute atomic E-state index is 0. The third-order valence-electron chi connectivity index (χ3n) is 8.89. The molecule has 4 aliphatic rings. The molecule has 0 atom stereocenters. The van der Waals surface area contributed by atoms with Crippen LogP contribution in [0.3, 0.4) is 0 Å². The van der Waals surface area contributed by atoms with Gasteiger partial charge in [-0.2, -0.15) is 0 Å². The number of allylic oxidation sites excluding steroid dienone is 8. The minimum atomic E-state index is -0.906. The predicted octanol–water partition coefficient (Wildman–Crippen LogP) is 4.48. The van der Waals surface area contributed by atoms with Crippen LogP contribution in [0.5, 0.6) is 0 Å². The third-order valence-corrected chi connectivity index (χ3v) is 20.2. The van der Waals surface area contributed by atoms with Gasteiger partial charge in [0.25, 0.3) is 0 Å². The van der Waals surface area contributed by atoms with Crippen LogP contribution in [0.1, 0.15) is 105 Å². The second-order valence-corrected chi connectivity index (χ2v) is 20.6. The van der Waals surface area contributed by atoms with E-state index in [0.29, 0.717) is 0 Å². The minimum Gasteiger partial charge on any atom is -1.00 e. The van der Waals surface area contributed by atoms with E-state index in [1.807, 2.05) is 10.4 Å². The zero-order valence-electron chi connectivity index (χ0n) is 23.3. The molecule has 0 aromatic carbocycles. The Kier molecular flexibility index (Phi) is 18.6. The number of hydrogen-bond acceptors (Lipinski definition) is 0. The van der Waals surface area contributed by atoms with Gasteiger partial charge < -0.3 is 24.8 Å². The first-order chi connectivity index (χ1) is 15.6. The standard InChI is InChI=1S/2C15H26Si.2ClH.Hf/c2*1-3-5-7-14-8-9-15(13-14)16(10-4-2)11-6-12-16;;;/h2*9,13H,3-8,10-12H2,1-2H3;2*1H;/p-2. The van der Waals surface area contributed by atoms with Gasteiger partial charge in [0.05, 0.1) is 16.1 Å². The maximum atomic E-state index is 2.61. The van der Waals surface area contributed by atoms with Gasteiger partial charge in [-0.1, -0.05) is 148 Å². The maximum absolute atomic E-state index is 2.61. The van der Waals surface area contributed by atoms with Gasteiger partial charge in [0.15, 0.2) is 0 Å². The van der Waals surface area contributed by atoms with E-state index in [-0.39, 0.29) is 50.7 Å². The van der Waals surface area contributed by atoms with Crippen LogP contribution in [-0.4, -0.2) is 16.1 Å². The second-order valence-electron chi connectivity index (χ2n) is 11.3. The van der Waals surface area contributed by atoms with Gasteiger partial charge in [0.1, 0.15) is 0 Å². The van der Waals surface area contributed by atoms with Crippen LogP contribution < -0.4 is 24.8 Å². The molecule has 2 aliphatic heterocycles. The zero-order valence-corrected chi connectivity index (χ0v) is 30.4. The van der Waals surface area contributed by atoms with Crippen LogP contribution >= 0.6 is 0 Å². The van der Waals surface area contributed by atoms with E-state index in [0.717, 1.165) is 0 Å². The molecule has 0 nitrogen and oxygen atoms in total. The average Bonchev–Trinajstić information content (AvgIpc) is 3.41. The molecule has 0 radical (unpaired) electrons. The summed E-state index contributed by atoms with van der Waals surface area (Å²) < 4.78 is 0. The summed E-state index contributed by atoms with van der Waals surface area (Å²) in [4.78, 5) is 0. The Morgan fingerprint density at radius 3 is 1.23 bits per heavy atom. The molecule has 4 rings (SSSR count). The Bertz CT molecular complexity index is 669. The van der Waals surface area contributed by atoms with Crippen LogP contribution in [0, 0.1) is 0 Å². The smallest absolute Gasteiger partial charge is 0.0862 e. The van der Waals surface area contributed by atoms with Crippen molar-refractivity contribution in [1.82, 2.24) is 0 Å². The fourth-order valence-corrected chi connectivity index (χ4v) is 15.7. The van der Waals surface area contributed by atoms with E-state index in [9.17, 15) is 0 Å². The van der Waals surface area contributed by atoms with Crippen molar-refractivity contribution in [2.24, 2.45) is 0 Å². The molecule has 2 fully saturated rings. The largest absolute Gasteiger partial charge is 1.00 e. The first kappa shape index (κ1) is 35.8. The molecule has 0 aromatic rings. The molecule has 0 amide bonds. The molecule has 5 heteroatoms. The first-order valence-electron chi connectivity index (χ1n) is 14.4. The van der Waals surface area contributed by atoms with E-state index in [2.05, 4.69) is 52.0 Å². The summed E-state index contributed by atoms with van der Waals surface area (Å²) in [6, 6.07) is 9.45. The van der Waals surface area contributed by atoms with Gasteiger partial charge in [-0.25, -0.2) is 0 Å². The monoisotopic (exact) mass is 718 g/mol. The van der Waals surface area contributed by atoms with E-state index in [1.165, 1.54) is 77.0 Å². The summed E-state index contributed by atoms with van der Waals surface area (Å²) in [5, 5.41) is 3.68. The van der Waals surface area contributed by atoms with Crippen molar-refractivity contribution in [1.29, 1.82) is 0 Å². The van der Waals surface area contributed by atoms with Gasteiger partial charge in [-0.05, 0) is 38.5 Å². The SMILES string of the molecule is CCCCC1=CC([Si]2(CCC)CCC2)=CC1.CCCCC1=CC([Si]2(CCC)CCC2)=CC1.[Cl-].[Cl-].[Hf].